The van der Waals surface area contributed by atoms with E-state index in [2.05, 4.69) is 0 Å². The Labute approximate surface area is 103 Å². The zero-order valence-corrected chi connectivity index (χ0v) is 10.1. The summed E-state index contributed by atoms with van der Waals surface area (Å²) < 4.78 is 0. The summed E-state index contributed by atoms with van der Waals surface area (Å²) in [6.07, 6.45) is 2.42. The number of rotatable bonds is 4. The minimum Gasteiger partial charge on any atom is -0.478 e. The molecule has 1 aliphatic heterocycles. The number of thiophene rings is 1. The molecule has 2 rings (SSSR count). The third-order valence-corrected chi connectivity index (χ3v) is 3.58. The molecule has 0 amide bonds. The van der Waals surface area contributed by atoms with Crippen molar-refractivity contribution in [2.75, 3.05) is 19.6 Å². The first kappa shape index (κ1) is 12.0. The van der Waals surface area contributed by atoms with Crippen LogP contribution in [0.15, 0.2) is 29.2 Å². The molecule has 1 aliphatic rings. The van der Waals surface area contributed by atoms with Crippen molar-refractivity contribution < 1.29 is 14.7 Å². The summed E-state index contributed by atoms with van der Waals surface area (Å²) in [6.45, 7) is 1.39. The molecule has 0 saturated heterocycles. The number of aliphatic carboxylic acids is 1. The number of nitrogens with zero attached hydrogens (tertiary/aromatic N) is 1. The maximum atomic E-state index is 11.9. The van der Waals surface area contributed by atoms with Crippen LogP contribution in [-0.2, 0) is 4.79 Å². The Morgan fingerprint density at radius 1 is 1.47 bits per heavy atom. The summed E-state index contributed by atoms with van der Waals surface area (Å²) in [4.78, 5) is 25.3. The summed E-state index contributed by atoms with van der Waals surface area (Å²) in [7, 11) is 0. The lowest BCUT2D eigenvalue weighted by molar-refractivity contribution is -0.133. The lowest BCUT2D eigenvalue weighted by atomic mass is 10.1. The Morgan fingerprint density at radius 3 is 2.94 bits per heavy atom. The van der Waals surface area contributed by atoms with Gasteiger partial charge in [0.1, 0.15) is 0 Å². The minimum absolute atomic E-state index is 0.0617. The van der Waals surface area contributed by atoms with Gasteiger partial charge in [-0.2, -0.15) is 0 Å². The van der Waals surface area contributed by atoms with Crippen LogP contribution < -0.4 is 0 Å². The predicted octanol–water partition coefficient (Wildman–Crippen LogP) is 1.65. The molecule has 90 valence electrons. The van der Waals surface area contributed by atoms with Crippen molar-refractivity contribution in [3.8, 4) is 0 Å². The van der Waals surface area contributed by atoms with E-state index in [1.807, 2.05) is 16.3 Å². The Balaban J connectivity index is 1.95. The van der Waals surface area contributed by atoms with E-state index in [4.69, 9.17) is 5.11 Å². The SMILES string of the molecule is O=C(O)C1=CCCN(CC(=O)c2cccs2)C1. The average Bonchev–Trinajstić information content (AvgIpc) is 2.82. The van der Waals surface area contributed by atoms with E-state index >= 15 is 0 Å². The first-order valence-corrected chi connectivity index (χ1v) is 6.26. The molecule has 1 aromatic rings. The fraction of sp³-hybridized carbons (Fsp3) is 0.333. The normalized spacial score (nSPS) is 16.6. The highest BCUT2D eigenvalue weighted by atomic mass is 32.1. The molecule has 0 spiro atoms. The molecule has 0 fully saturated rings. The highest BCUT2D eigenvalue weighted by Gasteiger charge is 2.20. The summed E-state index contributed by atoms with van der Waals surface area (Å²) >= 11 is 1.42. The van der Waals surface area contributed by atoms with Gasteiger partial charge in [-0.1, -0.05) is 12.1 Å². The topological polar surface area (TPSA) is 57.6 Å². The zero-order chi connectivity index (χ0) is 12.3. The molecule has 0 radical (unpaired) electrons. The molecule has 0 atom stereocenters. The minimum atomic E-state index is -0.890. The number of ketones is 1. The van der Waals surface area contributed by atoms with Gasteiger partial charge in [-0.15, -0.1) is 11.3 Å². The molecular formula is C12H13NO3S. The number of Topliss-reactive ketones (excluding diaryl/α,β-unsaturated/α-hetero) is 1. The molecule has 4 nitrogen and oxygen atoms in total. The van der Waals surface area contributed by atoms with Gasteiger partial charge in [0.05, 0.1) is 11.4 Å². The third kappa shape index (κ3) is 3.01. The van der Waals surface area contributed by atoms with Crippen LogP contribution >= 0.6 is 11.3 Å². The van der Waals surface area contributed by atoms with E-state index in [0.29, 0.717) is 25.1 Å². The fourth-order valence-electron chi connectivity index (χ4n) is 1.81. The number of carbonyl (C=O) groups is 2. The highest BCUT2D eigenvalue weighted by Crippen LogP contribution is 2.13. The molecule has 0 unspecified atom stereocenters. The van der Waals surface area contributed by atoms with Crippen LogP contribution in [0.2, 0.25) is 0 Å². The Bertz CT molecular complexity index is 450. The molecule has 5 heteroatoms. The number of hydrogen-bond acceptors (Lipinski definition) is 4. The van der Waals surface area contributed by atoms with Gasteiger partial charge in [0, 0.05) is 18.7 Å². The lowest BCUT2D eigenvalue weighted by Crippen LogP contribution is -2.36. The van der Waals surface area contributed by atoms with Crippen molar-refractivity contribution >= 4 is 23.1 Å². The monoisotopic (exact) mass is 251 g/mol. The highest BCUT2D eigenvalue weighted by molar-refractivity contribution is 7.12. The first-order chi connectivity index (χ1) is 8.16. The van der Waals surface area contributed by atoms with Crippen LogP contribution in [0.3, 0.4) is 0 Å². The third-order valence-electron chi connectivity index (χ3n) is 2.67. The van der Waals surface area contributed by atoms with Crippen molar-refractivity contribution in [2.24, 2.45) is 0 Å². The lowest BCUT2D eigenvalue weighted by Gasteiger charge is -2.24. The summed E-state index contributed by atoms with van der Waals surface area (Å²) in [5.74, 6) is -0.829. The van der Waals surface area contributed by atoms with Crippen molar-refractivity contribution in [2.45, 2.75) is 6.42 Å². The van der Waals surface area contributed by atoms with Crippen LogP contribution in [0.5, 0.6) is 0 Å². The molecule has 0 saturated carbocycles. The van der Waals surface area contributed by atoms with E-state index < -0.39 is 5.97 Å². The van der Waals surface area contributed by atoms with Gasteiger partial charge >= 0.3 is 5.97 Å². The summed E-state index contributed by atoms with van der Waals surface area (Å²) in [5, 5.41) is 10.8. The second-order valence-electron chi connectivity index (χ2n) is 3.93. The van der Waals surface area contributed by atoms with Gasteiger partial charge in [-0.3, -0.25) is 9.69 Å². The quantitative estimate of drug-likeness (QED) is 0.827. The Kier molecular flexibility index (Phi) is 3.71. The van der Waals surface area contributed by atoms with E-state index in [9.17, 15) is 9.59 Å². The second-order valence-corrected chi connectivity index (χ2v) is 4.88. The summed E-state index contributed by atoms with van der Waals surface area (Å²) in [6, 6.07) is 3.64. The number of carboxylic acids is 1. The predicted molar refractivity (Wildman–Crippen MR) is 65.4 cm³/mol. The van der Waals surface area contributed by atoms with E-state index in [0.717, 1.165) is 11.4 Å². The summed E-state index contributed by atoms with van der Waals surface area (Å²) in [5.41, 5.74) is 0.384. The standard InChI is InChI=1S/C12H13NO3S/c14-10(11-4-2-6-17-11)8-13-5-1-3-9(7-13)12(15)16/h2-4,6H,1,5,7-8H2,(H,15,16). The van der Waals surface area contributed by atoms with Crippen LogP contribution in [0.1, 0.15) is 16.1 Å². The van der Waals surface area contributed by atoms with Crippen LogP contribution in [0.4, 0.5) is 0 Å². The van der Waals surface area contributed by atoms with E-state index in [1.54, 1.807) is 12.1 Å². The second kappa shape index (κ2) is 5.25. The molecule has 0 aromatic carbocycles. The largest absolute Gasteiger partial charge is 0.478 e. The maximum absolute atomic E-state index is 11.9. The first-order valence-electron chi connectivity index (χ1n) is 5.38. The Hall–Kier alpha value is -1.46. The van der Waals surface area contributed by atoms with Crippen molar-refractivity contribution in [3.63, 3.8) is 0 Å². The van der Waals surface area contributed by atoms with Gasteiger partial charge in [0.15, 0.2) is 5.78 Å². The number of carboxylic acid groups (broad SMARTS) is 1. The number of hydrogen-bond donors (Lipinski definition) is 1. The number of carbonyl (C=O) groups excluding carboxylic acids is 1. The smallest absolute Gasteiger partial charge is 0.332 e. The molecule has 1 aromatic heterocycles. The van der Waals surface area contributed by atoms with Crippen LogP contribution in [-0.4, -0.2) is 41.4 Å². The average molecular weight is 251 g/mol. The van der Waals surface area contributed by atoms with Gasteiger partial charge in [0.25, 0.3) is 0 Å². The van der Waals surface area contributed by atoms with E-state index in [-0.39, 0.29) is 5.78 Å². The molecular weight excluding hydrogens is 238 g/mol. The van der Waals surface area contributed by atoms with Gasteiger partial charge in [0.2, 0.25) is 0 Å². The maximum Gasteiger partial charge on any atom is 0.332 e. The molecule has 0 bridgehead atoms. The van der Waals surface area contributed by atoms with Crippen LogP contribution in [0.25, 0.3) is 0 Å². The van der Waals surface area contributed by atoms with Crippen LogP contribution in [0, 0.1) is 0 Å². The Morgan fingerprint density at radius 2 is 2.29 bits per heavy atom. The van der Waals surface area contributed by atoms with E-state index in [1.165, 1.54) is 11.3 Å². The van der Waals surface area contributed by atoms with Crippen molar-refractivity contribution in [1.29, 1.82) is 0 Å². The molecule has 1 N–H and O–H groups in total. The zero-order valence-electron chi connectivity index (χ0n) is 9.26. The van der Waals surface area contributed by atoms with Gasteiger partial charge in [-0.05, 0) is 17.9 Å². The molecule has 0 aliphatic carbocycles. The van der Waals surface area contributed by atoms with Crippen molar-refractivity contribution in [3.05, 3.63) is 34.0 Å². The molecule has 2 heterocycles. The fourth-order valence-corrected chi connectivity index (χ4v) is 2.47. The van der Waals surface area contributed by atoms with Gasteiger partial charge < -0.3 is 5.11 Å². The molecule has 17 heavy (non-hydrogen) atoms. The van der Waals surface area contributed by atoms with Crippen molar-refractivity contribution in [1.82, 2.24) is 4.90 Å². The van der Waals surface area contributed by atoms with Gasteiger partial charge in [-0.25, -0.2) is 4.79 Å².